The van der Waals surface area contributed by atoms with Crippen molar-refractivity contribution >= 4 is 0 Å². The van der Waals surface area contributed by atoms with Crippen LogP contribution in [0.1, 0.15) is 60.1 Å². The van der Waals surface area contributed by atoms with Gasteiger partial charge in [-0.2, -0.15) is 0 Å². The molecule has 30 heavy (non-hydrogen) atoms. The molecule has 2 nitrogen and oxygen atoms in total. The van der Waals surface area contributed by atoms with E-state index in [0.29, 0.717) is 11.8 Å². The lowest BCUT2D eigenvalue weighted by Crippen LogP contribution is -2.57. The van der Waals surface area contributed by atoms with Crippen molar-refractivity contribution in [2.75, 3.05) is 0 Å². The average Bonchev–Trinajstić information content (AvgIpc) is 2.75. The Bertz CT molecular complexity index is 1050. The van der Waals surface area contributed by atoms with E-state index in [1.165, 1.54) is 33.4 Å². The number of fused-ring (bicyclic) bond motifs is 2. The molecular formula is C28H30O2. The largest absolute Gasteiger partial charge is 0.219 e. The summed E-state index contributed by atoms with van der Waals surface area (Å²) in [5.41, 5.74) is 6.22. The summed E-state index contributed by atoms with van der Waals surface area (Å²) in [6.07, 6.45) is 2.00. The highest BCUT2D eigenvalue weighted by molar-refractivity contribution is 5.53. The lowest BCUT2D eigenvalue weighted by atomic mass is 9.59. The van der Waals surface area contributed by atoms with Gasteiger partial charge in [-0.15, -0.1) is 0 Å². The quantitative estimate of drug-likeness (QED) is 0.449. The predicted molar refractivity (Wildman–Crippen MR) is 120 cm³/mol. The van der Waals surface area contributed by atoms with Crippen LogP contribution in [0.4, 0.5) is 0 Å². The van der Waals surface area contributed by atoms with E-state index in [-0.39, 0.29) is 0 Å². The number of hydrogen-bond acceptors (Lipinski definition) is 2. The molecule has 3 atom stereocenters. The molecule has 0 amide bonds. The first-order valence-electron chi connectivity index (χ1n) is 11.1. The highest BCUT2D eigenvalue weighted by Crippen LogP contribution is 2.62. The molecule has 3 aliphatic rings. The molecule has 1 aliphatic carbocycles. The van der Waals surface area contributed by atoms with Crippen LogP contribution in [0.3, 0.4) is 0 Å². The summed E-state index contributed by atoms with van der Waals surface area (Å²) in [5.74, 6) is 0.896. The molecule has 0 spiro atoms. The SMILES string of the molecule is Cc1ccc([C@]23CC(CC(C)C)[C@](c4ccc(C)cc4)(OO2)c2ccccc23)cc1. The predicted octanol–water partition coefficient (Wildman–Crippen LogP) is 6.82. The molecule has 6 rings (SSSR count). The van der Waals surface area contributed by atoms with E-state index in [1.54, 1.807) is 0 Å². The van der Waals surface area contributed by atoms with Gasteiger partial charge in [-0.25, -0.2) is 9.78 Å². The first kappa shape index (κ1) is 19.5. The molecular weight excluding hydrogens is 368 g/mol. The van der Waals surface area contributed by atoms with Crippen molar-refractivity contribution < 1.29 is 9.78 Å². The van der Waals surface area contributed by atoms with Crippen molar-refractivity contribution in [1.29, 1.82) is 0 Å². The average molecular weight is 399 g/mol. The van der Waals surface area contributed by atoms with Crippen LogP contribution >= 0.6 is 0 Å². The Morgan fingerprint density at radius 2 is 1.33 bits per heavy atom. The zero-order valence-corrected chi connectivity index (χ0v) is 18.3. The third-order valence-corrected chi connectivity index (χ3v) is 6.94. The summed E-state index contributed by atoms with van der Waals surface area (Å²) in [5, 5.41) is 0. The van der Waals surface area contributed by atoms with Crippen LogP contribution in [0, 0.1) is 25.7 Å². The topological polar surface area (TPSA) is 18.5 Å². The minimum atomic E-state index is -0.568. The lowest BCUT2D eigenvalue weighted by Gasteiger charge is -2.57. The van der Waals surface area contributed by atoms with Gasteiger partial charge in [-0.05, 0) is 54.9 Å². The van der Waals surface area contributed by atoms with E-state index < -0.39 is 11.2 Å². The van der Waals surface area contributed by atoms with Crippen molar-refractivity contribution in [3.05, 3.63) is 106 Å². The van der Waals surface area contributed by atoms with Gasteiger partial charge >= 0.3 is 0 Å². The van der Waals surface area contributed by atoms with Crippen molar-refractivity contribution in [3.63, 3.8) is 0 Å². The smallest absolute Gasteiger partial charge is 0.157 e. The molecule has 154 valence electrons. The highest BCUT2D eigenvalue weighted by atomic mass is 17.2. The number of benzene rings is 3. The van der Waals surface area contributed by atoms with Crippen LogP contribution in [-0.2, 0) is 21.0 Å². The number of aryl methyl sites for hydroxylation is 2. The van der Waals surface area contributed by atoms with E-state index in [4.69, 9.17) is 9.78 Å². The van der Waals surface area contributed by atoms with Gasteiger partial charge in [0.2, 0.25) is 0 Å². The molecule has 0 N–H and O–H groups in total. The second-order valence-corrected chi connectivity index (χ2v) is 9.54. The monoisotopic (exact) mass is 398 g/mol. The maximum Gasteiger partial charge on any atom is 0.157 e. The molecule has 0 radical (unpaired) electrons. The van der Waals surface area contributed by atoms with Crippen LogP contribution in [0.5, 0.6) is 0 Å². The van der Waals surface area contributed by atoms with Crippen molar-refractivity contribution in [1.82, 2.24) is 0 Å². The summed E-state index contributed by atoms with van der Waals surface area (Å²) in [7, 11) is 0. The van der Waals surface area contributed by atoms with Gasteiger partial charge in [0, 0.05) is 5.92 Å². The summed E-state index contributed by atoms with van der Waals surface area (Å²) >= 11 is 0. The van der Waals surface area contributed by atoms with Gasteiger partial charge in [0.15, 0.2) is 11.2 Å². The molecule has 1 saturated heterocycles. The molecule has 1 unspecified atom stereocenters. The van der Waals surface area contributed by atoms with Gasteiger partial charge in [-0.1, -0.05) is 97.8 Å². The fourth-order valence-corrected chi connectivity index (χ4v) is 5.51. The second kappa shape index (κ2) is 7.08. The van der Waals surface area contributed by atoms with Crippen molar-refractivity contribution in [3.8, 4) is 0 Å². The Morgan fingerprint density at radius 3 is 1.93 bits per heavy atom. The molecule has 2 heteroatoms. The van der Waals surface area contributed by atoms with Gasteiger partial charge in [0.05, 0.1) is 0 Å². The van der Waals surface area contributed by atoms with Crippen LogP contribution in [0.2, 0.25) is 0 Å². The maximum absolute atomic E-state index is 6.52. The molecule has 2 bridgehead atoms. The zero-order valence-electron chi connectivity index (χ0n) is 18.3. The first-order chi connectivity index (χ1) is 14.5. The van der Waals surface area contributed by atoms with Crippen molar-refractivity contribution in [2.24, 2.45) is 11.8 Å². The summed E-state index contributed by atoms with van der Waals surface area (Å²) in [6, 6.07) is 26.3. The Morgan fingerprint density at radius 1 is 0.767 bits per heavy atom. The van der Waals surface area contributed by atoms with Crippen LogP contribution in [-0.4, -0.2) is 0 Å². The normalized spacial score (nSPS) is 27.3. The fraction of sp³-hybridized carbons (Fsp3) is 0.357. The van der Waals surface area contributed by atoms with Crippen LogP contribution in [0.15, 0.2) is 72.8 Å². The van der Waals surface area contributed by atoms with Crippen LogP contribution < -0.4 is 0 Å². The molecule has 1 fully saturated rings. The Balaban J connectivity index is 1.76. The van der Waals surface area contributed by atoms with E-state index in [2.05, 4.69) is 100 Å². The van der Waals surface area contributed by atoms with Crippen LogP contribution in [0.25, 0.3) is 0 Å². The summed E-state index contributed by atoms with van der Waals surface area (Å²) < 4.78 is 0. The van der Waals surface area contributed by atoms with Crippen molar-refractivity contribution in [2.45, 2.75) is 51.7 Å². The van der Waals surface area contributed by atoms with E-state index >= 15 is 0 Å². The maximum atomic E-state index is 6.52. The molecule has 0 saturated carbocycles. The van der Waals surface area contributed by atoms with E-state index in [0.717, 1.165) is 12.8 Å². The third kappa shape index (κ3) is 2.78. The Labute approximate surface area is 179 Å². The molecule has 2 aliphatic heterocycles. The standard InChI is InChI=1S/C28H30O2/c1-19(2)17-24-18-27(22-13-9-20(3)10-14-22)25-7-5-6-8-26(25)28(24,30-29-27)23-15-11-21(4)12-16-23/h5-16,19,24H,17-18H2,1-4H3/t24?,27-,28-/m0/s1. The first-order valence-corrected chi connectivity index (χ1v) is 11.1. The second-order valence-electron chi connectivity index (χ2n) is 9.54. The molecule has 2 heterocycles. The van der Waals surface area contributed by atoms with E-state index in [9.17, 15) is 0 Å². The molecule has 3 aromatic carbocycles. The fourth-order valence-electron chi connectivity index (χ4n) is 5.51. The highest BCUT2D eigenvalue weighted by Gasteiger charge is 2.62. The van der Waals surface area contributed by atoms with E-state index in [1.807, 2.05) is 0 Å². The molecule has 0 aromatic heterocycles. The number of rotatable bonds is 4. The lowest BCUT2D eigenvalue weighted by molar-refractivity contribution is -0.458. The van der Waals surface area contributed by atoms with Gasteiger partial charge < -0.3 is 0 Å². The molecule has 3 aromatic rings. The summed E-state index contributed by atoms with van der Waals surface area (Å²) in [6.45, 7) is 8.86. The Kier molecular flexibility index (Phi) is 4.61. The third-order valence-electron chi connectivity index (χ3n) is 6.94. The minimum Gasteiger partial charge on any atom is -0.219 e. The Hall–Kier alpha value is -2.42. The van der Waals surface area contributed by atoms with Gasteiger partial charge in [0.25, 0.3) is 0 Å². The zero-order chi connectivity index (χ0) is 20.9. The summed E-state index contributed by atoms with van der Waals surface area (Å²) in [4.78, 5) is 12.9. The number of hydrogen-bond donors (Lipinski definition) is 0. The van der Waals surface area contributed by atoms with Gasteiger partial charge in [0.1, 0.15) is 0 Å². The van der Waals surface area contributed by atoms with Gasteiger partial charge in [-0.3, -0.25) is 0 Å². The minimum absolute atomic E-state index is 0.324.